The van der Waals surface area contributed by atoms with Crippen LogP contribution in [0.2, 0.25) is 5.15 Å². The van der Waals surface area contributed by atoms with Crippen molar-refractivity contribution >= 4 is 39.1 Å². The third-order valence-corrected chi connectivity index (χ3v) is 4.36. The topological polar surface area (TPSA) is 37.8 Å². The second-order valence-electron chi connectivity index (χ2n) is 4.91. The number of halogens is 1. The fraction of sp³-hybridized carbons (Fsp3) is 0.538. The van der Waals surface area contributed by atoms with E-state index in [1.807, 2.05) is 0 Å². The summed E-state index contributed by atoms with van der Waals surface area (Å²) in [5, 5.41) is 4.78. The van der Waals surface area contributed by atoms with E-state index in [4.69, 9.17) is 11.6 Å². The lowest BCUT2D eigenvalue weighted by Crippen LogP contribution is -2.07. The molecule has 0 radical (unpaired) electrons. The standard InChI is InChI=1S/C13H18ClN3S/c1-7(2)5-6-15-13-16-11(14)10-8(3)9(4)18-12(10)17-13/h7H,5-6H2,1-4H3,(H,15,16,17). The minimum absolute atomic E-state index is 0.550. The van der Waals surface area contributed by atoms with Gasteiger partial charge in [-0.15, -0.1) is 11.3 Å². The smallest absolute Gasteiger partial charge is 0.225 e. The highest BCUT2D eigenvalue weighted by Gasteiger charge is 2.12. The normalized spacial score (nSPS) is 11.4. The summed E-state index contributed by atoms with van der Waals surface area (Å²) in [6.07, 6.45) is 1.10. The van der Waals surface area contributed by atoms with Crippen LogP contribution in [0.5, 0.6) is 0 Å². The Morgan fingerprint density at radius 2 is 2.00 bits per heavy atom. The summed E-state index contributed by atoms with van der Waals surface area (Å²) < 4.78 is 0. The van der Waals surface area contributed by atoms with Crippen LogP contribution in [-0.4, -0.2) is 16.5 Å². The maximum absolute atomic E-state index is 6.24. The van der Waals surface area contributed by atoms with Crippen molar-refractivity contribution in [3.05, 3.63) is 15.6 Å². The van der Waals surface area contributed by atoms with E-state index in [0.717, 1.165) is 23.2 Å². The first-order valence-corrected chi connectivity index (χ1v) is 7.35. The van der Waals surface area contributed by atoms with Gasteiger partial charge in [0.15, 0.2) is 0 Å². The average molecular weight is 284 g/mol. The maximum atomic E-state index is 6.24. The highest BCUT2D eigenvalue weighted by atomic mass is 35.5. The lowest BCUT2D eigenvalue weighted by molar-refractivity contribution is 0.606. The predicted octanol–water partition coefficient (Wildman–Crippen LogP) is 4.42. The number of thiophene rings is 1. The molecule has 3 nitrogen and oxygen atoms in total. The van der Waals surface area contributed by atoms with Crippen molar-refractivity contribution in [3.8, 4) is 0 Å². The van der Waals surface area contributed by atoms with Gasteiger partial charge in [0.05, 0.1) is 5.39 Å². The summed E-state index contributed by atoms with van der Waals surface area (Å²) in [6.45, 7) is 9.43. The van der Waals surface area contributed by atoms with Crippen LogP contribution in [0.25, 0.3) is 10.2 Å². The molecule has 0 saturated heterocycles. The Bertz CT molecular complexity index is 563. The van der Waals surface area contributed by atoms with Crippen molar-refractivity contribution in [2.24, 2.45) is 5.92 Å². The Morgan fingerprint density at radius 3 is 2.67 bits per heavy atom. The Kier molecular flexibility index (Phi) is 4.07. The van der Waals surface area contributed by atoms with Crippen molar-refractivity contribution in [1.29, 1.82) is 0 Å². The van der Waals surface area contributed by atoms with Crippen LogP contribution >= 0.6 is 22.9 Å². The lowest BCUT2D eigenvalue weighted by atomic mass is 10.1. The molecule has 18 heavy (non-hydrogen) atoms. The molecule has 98 valence electrons. The fourth-order valence-corrected chi connectivity index (χ4v) is 3.15. The van der Waals surface area contributed by atoms with Crippen molar-refractivity contribution < 1.29 is 0 Å². The Morgan fingerprint density at radius 1 is 1.28 bits per heavy atom. The van der Waals surface area contributed by atoms with Gasteiger partial charge in [-0.2, -0.15) is 0 Å². The zero-order valence-electron chi connectivity index (χ0n) is 11.2. The first-order chi connectivity index (χ1) is 8.49. The molecule has 5 heteroatoms. The molecule has 0 aliphatic rings. The van der Waals surface area contributed by atoms with E-state index in [1.54, 1.807) is 11.3 Å². The minimum atomic E-state index is 0.550. The predicted molar refractivity (Wildman–Crippen MR) is 79.8 cm³/mol. The molecule has 0 atom stereocenters. The molecule has 2 aromatic rings. The minimum Gasteiger partial charge on any atom is -0.354 e. The van der Waals surface area contributed by atoms with Gasteiger partial charge in [-0.25, -0.2) is 9.97 Å². The van der Waals surface area contributed by atoms with Crippen molar-refractivity contribution in [2.45, 2.75) is 34.1 Å². The summed E-state index contributed by atoms with van der Waals surface area (Å²) in [7, 11) is 0. The van der Waals surface area contributed by atoms with Gasteiger partial charge in [0.2, 0.25) is 5.95 Å². The summed E-state index contributed by atoms with van der Waals surface area (Å²) >= 11 is 7.91. The first-order valence-electron chi connectivity index (χ1n) is 6.16. The molecule has 2 aromatic heterocycles. The molecule has 0 fully saturated rings. The molecular weight excluding hydrogens is 266 g/mol. The molecule has 2 rings (SSSR count). The number of fused-ring (bicyclic) bond motifs is 1. The first kappa shape index (κ1) is 13.6. The molecule has 0 unspecified atom stereocenters. The van der Waals surface area contributed by atoms with Crippen LogP contribution in [0.3, 0.4) is 0 Å². The summed E-state index contributed by atoms with van der Waals surface area (Å²) in [5.41, 5.74) is 1.19. The number of hydrogen-bond donors (Lipinski definition) is 1. The molecular formula is C13H18ClN3S. The number of nitrogens with one attached hydrogen (secondary N) is 1. The molecule has 0 amide bonds. The van der Waals surface area contributed by atoms with Crippen LogP contribution in [0.1, 0.15) is 30.7 Å². The summed E-state index contributed by atoms with van der Waals surface area (Å²) in [5.74, 6) is 1.30. The van der Waals surface area contributed by atoms with Gasteiger partial charge >= 0.3 is 0 Å². The zero-order valence-corrected chi connectivity index (χ0v) is 12.7. The third kappa shape index (κ3) is 2.75. The molecule has 2 heterocycles. The van der Waals surface area contributed by atoms with Crippen molar-refractivity contribution in [1.82, 2.24) is 9.97 Å². The maximum Gasteiger partial charge on any atom is 0.225 e. The zero-order chi connectivity index (χ0) is 13.3. The SMILES string of the molecule is Cc1sc2nc(NCCC(C)C)nc(Cl)c2c1C. The van der Waals surface area contributed by atoms with Gasteiger partial charge in [-0.05, 0) is 31.7 Å². The van der Waals surface area contributed by atoms with E-state index in [2.05, 4.69) is 43.0 Å². The largest absolute Gasteiger partial charge is 0.354 e. The highest BCUT2D eigenvalue weighted by molar-refractivity contribution is 7.18. The number of aryl methyl sites for hydroxylation is 2. The van der Waals surface area contributed by atoms with E-state index < -0.39 is 0 Å². The molecule has 0 bridgehead atoms. The molecule has 0 aromatic carbocycles. The number of nitrogens with zero attached hydrogens (tertiary/aromatic N) is 2. The number of rotatable bonds is 4. The van der Waals surface area contributed by atoms with Gasteiger partial charge in [0, 0.05) is 11.4 Å². The molecule has 1 N–H and O–H groups in total. The van der Waals surface area contributed by atoms with Crippen LogP contribution in [0.4, 0.5) is 5.95 Å². The molecule has 0 aliphatic carbocycles. The van der Waals surface area contributed by atoms with E-state index in [9.17, 15) is 0 Å². The Labute approximate surface area is 117 Å². The Hall–Kier alpha value is -0.870. The quantitative estimate of drug-likeness (QED) is 0.844. The number of aromatic nitrogens is 2. The van der Waals surface area contributed by atoms with Gasteiger partial charge in [0.25, 0.3) is 0 Å². The molecule has 0 spiro atoms. The second kappa shape index (κ2) is 5.41. The average Bonchev–Trinajstić information content (AvgIpc) is 2.54. The van der Waals surface area contributed by atoms with Crippen LogP contribution < -0.4 is 5.32 Å². The van der Waals surface area contributed by atoms with Gasteiger partial charge in [-0.3, -0.25) is 0 Å². The number of hydrogen-bond acceptors (Lipinski definition) is 4. The second-order valence-corrected chi connectivity index (χ2v) is 6.47. The monoisotopic (exact) mass is 283 g/mol. The highest BCUT2D eigenvalue weighted by Crippen LogP contribution is 2.33. The third-order valence-electron chi connectivity index (χ3n) is 2.99. The van der Waals surface area contributed by atoms with Crippen LogP contribution in [0, 0.1) is 19.8 Å². The van der Waals surface area contributed by atoms with E-state index >= 15 is 0 Å². The van der Waals surface area contributed by atoms with Gasteiger partial charge in [-0.1, -0.05) is 25.4 Å². The van der Waals surface area contributed by atoms with Crippen molar-refractivity contribution in [2.75, 3.05) is 11.9 Å². The molecule has 0 saturated carbocycles. The Balaban J connectivity index is 2.26. The summed E-state index contributed by atoms with van der Waals surface area (Å²) in [6, 6.07) is 0. The van der Waals surface area contributed by atoms with Crippen LogP contribution in [-0.2, 0) is 0 Å². The van der Waals surface area contributed by atoms with E-state index in [1.165, 1.54) is 10.4 Å². The number of anilines is 1. The fourth-order valence-electron chi connectivity index (χ4n) is 1.75. The van der Waals surface area contributed by atoms with E-state index in [0.29, 0.717) is 17.0 Å². The lowest BCUT2D eigenvalue weighted by Gasteiger charge is -2.07. The van der Waals surface area contributed by atoms with Gasteiger partial charge in [0.1, 0.15) is 9.98 Å². The van der Waals surface area contributed by atoms with Crippen LogP contribution in [0.15, 0.2) is 0 Å². The van der Waals surface area contributed by atoms with Gasteiger partial charge < -0.3 is 5.32 Å². The van der Waals surface area contributed by atoms with Crippen molar-refractivity contribution in [3.63, 3.8) is 0 Å². The molecule has 0 aliphatic heterocycles. The van der Waals surface area contributed by atoms with E-state index in [-0.39, 0.29) is 0 Å². The summed E-state index contributed by atoms with van der Waals surface area (Å²) in [4.78, 5) is 11.1.